The van der Waals surface area contributed by atoms with Crippen molar-refractivity contribution in [3.8, 4) is 0 Å². The number of hydrogen-bond acceptors (Lipinski definition) is 3. The molecule has 182 valence electrons. The Kier molecular flexibility index (Phi) is 18.1. The summed E-state index contributed by atoms with van der Waals surface area (Å²) in [6.45, 7) is 7.79. The summed E-state index contributed by atoms with van der Waals surface area (Å²) in [5.41, 5.74) is 5.21. The van der Waals surface area contributed by atoms with Crippen molar-refractivity contribution in [1.82, 2.24) is 10.6 Å². The first kappa shape index (κ1) is 29.4. The fraction of sp³-hybridized carbons (Fsp3) is 0.880. The number of carbonyl (C=O) groups is 3. The highest BCUT2D eigenvalue weighted by molar-refractivity contribution is 5.91. The van der Waals surface area contributed by atoms with Gasteiger partial charge in [-0.2, -0.15) is 0 Å². The Morgan fingerprint density at radius 3 is 1.58 bits per heavy atom. The lowest BCUT2D eigenvalue weighted by Crippen LogP contribution is -2.52. The molecule has 6 nitrogen and oxygen atoms in total. The van der Waals surface area contributed by atoms with Crippen molar-refractivity contribution in [2.24, 2.45) is 11.7 Å². The molecule has 0 aromatic rings. The number of rotatable bonds is 20. The summed E-state index contributed by atoms with van der Waals surface area (Å²) in [6.07, 6.45) is 17.4. The monoisotopic (exact) mass is 439 g/mol. The molecule has 31 heavy (non-hydrogen) atoms. The normalized spacial score (nSPS) is 13.1. The zero-order valence-corrected chi connectivity index (χ0v) is 20.6. The SMILES string of the molecule is CCCCCCCCCCCCCCCC(=O)N[C@@H](CC(C)C)C(=O)NC(C)C(N)=O. The van der Waals surface area contributed by atoms with Crippen molar-refractivity contribution in [2.75, 3.05) is 0 Å². The van der Waals surface area contributed by atoms with Crippen molar-refractivity contribution < 1.29 is 14.4 Å². The van der Waals surface area contributed by atoms with E-state index in [1.807, 2.05) is 13.8 Å². The van der Waals surface area contributed by atoms with Crippen LogP contribution in [0.3, 0.4) is 0 Å². The quantitative estimate of drug-likeness (QED) is 0.233. The largest absolute Gasteiger partial charge is 0.368 e. The van der Waals surface area contributed by atoms with E-state index < -0.39 is 18.0 Å². The maximum absolute atomic E-state index is 12.4. The first-order valence-electron chi connectivity index (χ1n) is 12.7. The van der Waals surface area contributed by atoms with Crippen molar-refractivity contribution in [1.29, 1.82) is 0 Å². The fourth-order valence-corrected chi connectivity index (χ4v) is 3.66. The van der Waals surface area contributed by atoms with Gasteiger partial charge in [0.2, 0.25) is 17.7 Å². The molecular weight excluding hydrogens is 390 g/mol. The van der Waals surface area contributed by atoms with Gasteiger partial charge in [0.15, 0.2) is 0 Å². The van der Waals surface area contributed by atoms with Gasteiger partial charge in [-0.05, 0) is 25.7 Å². The van der Waals surface area contributed by atoms with Gasteiger partial charge in [0.05, 0.1) is 0 Å². The third-order valence-corrected chi connectivity index (χ3v) is 5.65. The van der Waals surface area contributed by atoms with Crippen molar-refractivity contribution >= 4 is 17.7 Å². The number of hydrogen-bond donors (Lipinski definition) is 3. The molecule has 0 aliphatic heterocycles. The van der Waals surface area contributed by atoms with E-state index in [4.69, 9.17) is 5.73 Å². The molecule has 6 heteroatoms. The van der Waals surface area contributed by atoms with E-state index in [1.54, 1.807) is 6.92 Å². The number of amides is 3. The molecular formula is C25H49N3O3. The maximum Gasteiger partial charge on any atom is 0.243 e. The Hall–Kier alpha value is -1.59. The molecule has 0 fully saturated rings. The lowest BCUT2D eigenvalue weighted by Gasteiger charge is -2.21. The average Bonchev–Trinajstić information content (AvgIpc) is 2.70. The van der Waals surface area contributed by atoms with Crippen LogP contribution >= 0.6 is 0 Å². The molecule has 1 unspecified atom stereocenters. The van der Waals surface area contributed by atoms with Crippen LogP contribution in [0, 0.1) is 5.92 Å². The molecule has 0 saturated carbocycles. The third kappa shape index (κ3) is 17.8. The van der Waals surface area contributed by atoms with Gasteiger partial charge in [0, 0.05) is 6.42 Å². The van der Waals surface area contributed by atoms with E-state index in [0.29, 0.717) is 12.8 Å². The van der Waals surface area contributed by atoms with Gasteiger partial charge in [-0.25, -0.2) is 0 Å². The summed E-state index contributed by atoms with van der Waals surface area (Å²) in [7, 11) is 0. The molecule has 0 heterocycles. The van der Waals surface area contributed by atoms with E-state index in [2.05, 4.69) is 17.6 Å². The molecule has 0 spiro atoms. The van der Waals surface area contributed by atoms with Gasteiger partial charge in [-0.15, -0.1) is 0 Å². The van der Waals surface area contributed by atoms with Crippen LogP contribution in [0.15, 0.2) is 0 Å². The van der Waals surface area contributed by atoms with E-state index >= 15 is 0 Å². The molecule has 0 rings (SSSR count). The van der Waals surface area contributed by atoms with Crippen molar-refractivity contribution in [3.05, 3.63) is 0 Å². The van der Waals surface area contributed by atoms with Crippen LogP contribution < -0.4 is 16.4 Å². The molecule has 3 amide bonds. The highest BCUT2D eigenvalue weighted by atomic mass is 16.2. The molecule has 0 radical (unpaired) electrons. The highest BCUT2D eigenvalue weighted by Crippen LogP contribution is 2.13. The highest BCUT2D eigenvalue weighted by Gasteiger charge is 2.24. The van der Waals surface area contributed by atoms with Gasteiger partial charge in [0.1, 0.15) is 12.1 Å². The number of carbonyl (C=O) groups excluding carboxylic acids is 3. The smallest absolute Gasteiger partial charge is 0.243 e. The second-order valence-electron chi connectivity index (χ2n) is 9.37. The van der Waals surface area contributed by atoms with Gasteiger partial charge in [0.25, 0.3) is 0 Å². The molecule has 4 N–H and O–H groups in total. The van der Waals surface area contributed by atoms with Crippen molar-refractivity contribution in [2.45, 2.75) is 136 Å². The molecule has 0 aromatic heterocycles. The van der Waals surface area contributed by atoms with Crippen LogP contribution in [0.5, 0.6) is 0 Å². The minimum Gasteiger partial charge on any atom is -0.368 e. The molecule has 0 aromatic carbocycles. The number of nitrogens with two attached hydrogens (primary N) is 1. The maximum atomic E-state index is 12.4. The summed E-state index contributed by atoms with van der Waals surface area (Å²) >= 11 is 0. The second-order valence-corrected chi connectivity index (χ2v) is 9.37. The van der Waals surface area contributed by atoms with Gasteiger partial charge in [-0.3, -0.25) is 14.4 Å². The number of nitrogens with one attached hydrogen (secondary N) is 2. The summed E-state index contributed by atoms with van der Waals surface area (Å²) in [4.78, 5) is 35.8. The first-order chi connectivity index (χ1) is 14.8. The van der Waals surface area contributed by atoms with E-state index in [9.17, 15) is 14.4 Å². The van der Waals surface area contributed by atoms with Crippen LogP contribution in [-0.4, -0.2) is 29.8 Å². The van der Waals surface area contributed by atoms with Gasteiger partial charge >= 0.3 is 0 Å². The zero-order valence-electron chi connectivity index (χ0n) is 20.6. The number of unbranched alkanes of at least 4 members (excludes halogenated alkanes) is 12. The Morgan fingerprint density at radius 2 is 1.16 bits per heavy atom. The van der Waals surface area contributed by atoms with Crippen LogP contribution in [0.25, 0.3) is 0 Å². The summed E-state index contributed by atoms with van der Waals surface area (Å²) in [6, 6.07) is -1.38. The lowest BCUT2D eigenvalue weighted by molar-refractivity contribution is -0.131. The fourth-order valence-electron chi connectivity index (χ4n) is 3.66. The Bertz CT molecular complexity index is 494. The van der Waals surface area contributed by atoms with Crippen LogP contribution in [-0.2, 0) is 14.4 Å². The topological polar surface area (TPSA) is 101 Å². The summed E-state index contributed by atoms with van der Waals surface area (Å²) < 4.78 is 0. The predicted molar refractivity (Wildman–Crippen MR) is 128 cm³/mol. The minimum absolute atomic E-state index is 0.101. The molecule has 2 atom stereocenters. The Morgan fingerprint density at radius 1 is 0.710 bits per heavy atom. The van der Waals surface area contributed by atoms with Crippen LogP contribution in [0.1, 0.15) is 124 Å². The van der Waals surface area contributed by atoms with Crippen molar-refractivity contribution in [3.63, 3.8) is 0 Å². The van der Waals surface area contributed by atoms with Gasteiger partial charge in [-0.1, -0.05) is 97.8 Å². The zero-order chi connectivity index (χ0) is 23.5. The van der Waals surface area contributed by atoms with E-state index in [-0.39, 0.29) is 17.7 Å². The Balaban J connectivity index is 3.88. The van der Waals surface area contributed by atoms with Gasteiger partial charge < -0.3 is 16.4 Å². The molecule has 0 aliphatic carbocycles. The predicted octanol–water partition coefficient (Wildman–Crippen LogP) is 4.99. The lowest BCUT2D eigenvalue weighted by atomic mass is 10.0. The summed E-state index contributed by atoms with van der Waals surface area (Å²) in [5, 5.41) is 5.41. The minimum atomic E-state index is -0.750. The molecule has 0 aliphatic rings. The summed E-state index contributed by atoms with van der Waals surface area (Å²) in [5.74, 6) is -0.791. The second kappa shape index (κ2) is 19.1. The average molecular weight is 440 g/mol. The Labute approximate surface area is 190 Å². The third-order valence-electron chi connectivity index (χ3n) is 5.65. The molecule has 0 bridgehead atoms. The first-order valence-corrected chi connectivity index (χ1v) is 12.7. The standard InChI is InChI=1S/C25H49N3O3/c1-5-6-7-8-9-10-11-12-13-14-15-16-17-18-23(29)28-22(19-20(2)3)25(31)27-21(4)24(26)30/h20-22H,5-19H2,1-4H3,(H2,26,30)(H,27,31)(H,28,29)/t21?,22-/m0/s1. The van der Waals surface area contributed by atoms with E-state index in [0.717, 1.165) is 19.3 Å². The number of primary amides is 1. The van der Waals surface area contributed by atoms with Crippen LogP contribution in [0.4, 0.5) is 0 Å². The van der Waals surface area contributed by atoms with E-state index in [1.165, 1.54) is 64.2 Å². The molecule has 0 saturated heterocycles. The van der Waals surface area contributed by atoms with Crippen LogP contribution in [0.2, 0.25) is 0 Å².